The number of aromatic nitrogens is 1. The lowest BCUT2D eigenvalue weighted by atomic mass is 9.80. The van der Waals surface area contributed by atoms with Crippen LogP contribution in [0, 0.1) is 11.3 Å². The Bertz CT molecular complexity index is 395. The monoisotopic (exact) mass is 247 g/mol. The molecule has 0 bridgehead atoms. The van der Waals surface area contributed by atoms with Gasteiger partial charge in [-0.1, -0.05) is 20.8 Å². The fraction of sp³-hybridized carbons (Fsp3) is 0.667. The Morgan fingerprint density at radius 3 is 2.83 bits per heavy atom. The molecule has 0 radical (unpaired) electrons. The summed E-state index contributed by atoms with van der Waals surface area (Å²) < 4.78 is 0. The lowest BCUT2D eigenvalue weighted by molar-refractivity contribution is 0.263. The van der Waals surface area contributed by atoms with Crippen molar-refractivity contribution < 1.29 is 0 Å². The highest BCUT2D eigenvalue weighted by molar-refractivity contribution is 5.54. The van der Waals surface area contributed by atoms with Crippen molar-refractivity contribution in [3.63, 3.8) is 0 Å². The van der Waals surface area contributed by atoms with Gasteiger partial charge < -0.3 is 10.2 Å². The van der Waals surface area contributed by atoms with Gasteiger partial charge in [-0.05, 0) is 30.7 Å². The van der Waals surface area contributed by atoms with E-state index in [1.54, 1.807) is 0 Å². The maximum absolute atomic E-state index is 4.33. The fourth-order valence-electron chi connectivity index (χ4n) is 2.60. The van der Waals surface area contributed by atoms with E-state index in [0.717, 1.165) is 24.8 Å². The number of hydrogen-bond acceptors (Lipinski definition) is 3. The summed E-state index contributed by atoms with van der Waals surface area (Å²) in [5.41, 5.74) is 1.71. The van der Waals surface area contributed by atoms with Crippen LogP contribution in [0.3, 0.4) is 0 Å². The van der Waals surface area contributed by atoms with E-state index >= 15 is 0 Å². The normalized spacial score (nSPS) is 20.2. The first-order valence-corrected chi connectivity index (χ1v) is 6.95. The van der Waals surface area contributed by atoms with Crippen LogP contribution in [0.1, 0.15) is 34.1 Å². The van der Waals surface area contributed by atoms with Crippen LogP contribution in [-0.2, 0) is 0 Å². The van der Waals surface area contributed by atoms with Crippen LogP contribution in [0.15, 0.2) is 18.3 Å². The van der Waals surface area contributed by atoms with Crippen molar-refractivity contribution in [2.24, 2.45) is 11.3 Å². The molecule has 0 amide bonds. The second-order valence-corrected chi connectivity index (χ2v) is 6.23. The zero-order valence-electron chi connectivity index (χ0n) is 12.0. The predicted octanol–water partition coefficient (Wildman–Crippen LogP) is 3.39. The standard InChI is InChI=1S/C15H25N3/c1-5-16-14-10-13(6-8-17-14)18-9-7-12(11-18)15(2,3)4/h6,8,10,12H,5,7,9,11H2,1-4H3,(H,16,17). The third-order valence-electron chi connectivity index (χ3n) is 3.88. The third-order valence-corrected chi connectivity index (χ3v) is 3.88. The van der Waals surface area contributed by atoms with E-state index in [-0.39, 0.29) is 0 Å². The van der Waals surface area contributed by atoms with Gasteiger partial charge in [-0.2, -0.15) is 0 Å². The topological polar surface area (TPSA) is 28.2 Å². The molecule has 1 saturated heterocycles. The first kappa shape index (κ1) is 13.2. The molecular weight excluding hydrogens is 222 g/mol. The Morgan fingerprint density at radius 1 is 1.44 bits per heavy atom. The summed E-state index contributed by atoms with van der Waals surface area (Å²) in [6.07, 6.45) is 3.19. The number of hydrogen-bond donors (Lipinski definition) is 1. The highest BCUT2D eigenvalue weighted by Gasteiger charge is 2.31. The molecule has 2 heterocycles. The molecule has 100 valence electrons. The smallest absolute Gasteiger partial charge is 0.127 e. The van der Waals surface area contributed by atoms with Gasteiger partial charge in [0.2, 0.25) is 0 Å². The summed E-state index contributed by atoms with van der Waals surface area (Å²) in [7, 11) is 0. The van der Waals surface area contributed by atoms with E-state index in [2.05, 4.69) is 55.0 Å². The largest absolute Gasteiger partial charge is 0.371 e. The molecule has 3 nitrogen and oxygen atoms in total. The minimum Gasteiger partial charge on any atom is -0.371 e. The predicted molar refractivity (Wildman–Crippen MR) is 78.2 cm³/mol. The van der Waals surface area contributed by atoms with Crippen LogP contribution >= 0.6 is 0 Å². The van der Waals surface area contributed by atoms with Crippen molar-refractivity contribution in [2.45, 2.75) is 34.1 Å². The van der Waals surface area contributed by atoms with Gasteiger partial charge in [-0.15, -0.1) is 0 Å². The number of pyridine rings is 1. The Labute approximate surface area is 111 Å². The molecule has 1 aliphatic rings. The second kappa shape index (κ2) is 5.17. The van der Waals surface area contributed by atoms with E-state index in [4.69, 9.17) is 0 Å². The molecule has 0 spiro atoms. The lowest BCUT2D eigenvalue weighted by Crippen LogP contribution is -2.25. The van der Waals surface area contributed by atoms with Crippen LogP contribution < -0.4 is 10.2 Å². The average Bonchev–Trinajstić information content (AvgIpc) is 2.78. The molecule has 1 aromatic heterocycles. The first-order chi connectivity index (χ1) is 8.50. The summed E-state index contributed by atoms with van der Waals surface area (Å²) in [5.74, 6) is 1.77. The van der Waals surface area contributed by atoms with Gasteiger partial charge in [0.05, 0.1) is 0 Å². The Kier molecular flexibility index (Phi) is 3.79. The summed E-state index contributed by atoms with van der Waals surface area (Å²) in [6.45, 7) is 12.4. The molecule has 3 heteroatoms. The van der Waals surface area contributed by atoms with Crippen molar-refractivity contribution in [1.82, 2.24) is 4.98 Å². The molecule has 0 saturated carbocycles. The zero-order chi connectivity index (χ0) is 13.2. The van der Waals surface area contributed by atoms with Crippen molar-refractivity contribution in [1.29, 1.82) is 0 Å². The van der Waals surface area contributed by atoms with Gasteiger partial charge in [0.1, 0.15) is 5.82 Å². The van der Waals surface area contributed by atoms with Gasteiger partial charge in [0.25, 0.3) is 0 Å². The quantitative estimate of drug-likeness (QED) is 0.887. The fourth-order valence-corrected chi connectivity index (χ4v) is 2.60. The summed E-state index contributed by atoms with van der Waals surface area (Å²) in [4.78, 5) is 6.82. The molecular formula is C15H25N3. The minimum atomic E-state index is 0.409. The Hall–Kier alpha value is -1.25. The van der Waals surface area contributed by atoms with Crippen LogP contribution in [0.5, 0.6) is 0 Å². The second-order valence-electron chi connectivity index (χ2n) is 6.23. The van der Waals surface area contributed by atoms with Crippen molar-refractivity contribution in [3.8, 4) is 0 Å². The lowest BCUT2D eigenvalue weighted by Gasteiger charge is -2.27. The molecule has 0 aliphatic carbocycles. The highest BCUT2D eigenvalue weighted by Crippen LogP contribution is 2.35. The van der Waals surface area contributed by atoms with Crippen molar-refractivity contribution in [2.75, 3.05) is 29.9 Å². The maximum Gasteiger partial charge on any atom is 0.127 e. The number of anilines is 2. The molecule has 1 N–H and O–H groups in total. The SMILES string of the molecule is CCNc1cc(N2CCC(C(C)(C)C)C2)ccn1. The molecule has 18 heavy (non-hydrogen) atoms. The van der Waals surface area contributed by atoms with Crippen LogP contribution in [0.2, 0.25) is 0 Å². The Morgan fingerprint density at radius 2 is 2.22 bits per heavy atom. The molecule has 2 rings (SSSR count). The molecule has 0 aromatic carbocycles. The zero-order valence-corrected chi connectivity index (χ0v) is 12.0. The van der Waals surface area contributed by atoms with Crippen LogP contribution in [-0.4, -0.2) is 24.6 Å². The van der Waals surface area contributed by atoms with E-state index in [9.17, 15) is 0 Å². The van der Waals surface area contributed by atoms with Gasteiger partial charge in [0.15, 0.2) is 0 Å². The number of nitrogens with zero attached hydrogens (tertiary/aromatic N) is 2. The minimum absolute atomic E-state index is 0.409. The molecule has 1 aromatic rings. The maximum atomic E-state index is 4.33. The number of nitrogens with one attached hydrogen (secondary N) is 1. The van der Waals surface area contributed by atoms with Crippen molar-refractivity contribution in [3.05, 3.63) is 18.3 Å². The van der Waals surface area contributed by atoms with Gasteiger partial charge >= 0.3 is 0 Å². The first-order valence-electron chi connectivity index (χ1n) is 6.95. The summed E-state index contributed by atoms with van der Waals surface area (Å²) in [5, 5.41) is 3.28. The van der Waals surface area contributed by atoms with Gasteiger partial charge in [0, 0.05) is 37.6 Å². The van der Waals surface area contributed by atoms with E-state index < -0.39 is 0 Å². The molecule has 1 fully saturated rings. The van der Waals surface area contributed by atoms with Crippen LogP contribution in [0.4, 0.5) is 11.5 Å². The third kappa shape index (κ3) is 2.95. The summed E-state index contributed by atoms with van der Waals surface area (Å²) >= 11 is 0. The summed E-state index contributed by atoms with van der Waals surface area (Å²) in [6, 6.07) is 4.28. The average molecular weight is 247 g/mol. The van der Waals surface area contributed by atoms with E-state index in [1.807, 2.05) is 6.20 Å². The number of rotatable bonds is 3. The Balaban J connectivity index is 2.07. The van der Waals surface area contributed by atoms with E-state index in [0.29, 0.717) is 5.41 Å². The molecule has 1 unspecified atom stereocenters. The molecule has 1 aliphatic heterocycles. The molecule has 1 atom stereocenters. The van der Waals surface area contributed by atoms with Crippen LogP contribution in [0.25, 0.3) is 0 Å². The van der Waals surface area contributed by atoms with Crippen molar-refractivity contribution >= 4 is 11.5 Å². The van der Waals surface area contributed by atoms with Gasteiger partial charge in [-0.25, -0.2) is 4.98 Å². The van der Waals surface area contributed by atoms with Gasteiger partial charge in [-0.3, -0.25) is 0 Å². The van der Waals surface area contributed by atoms with E-state index in [1.165, 1.54) is 18.7 Å². The highest BCUT2D eigenvalue weighted by atomic mass is 15.2.